The summed E-state index contributed by atoms with van der Waals surface area (Å²) in [4.78, 5) is 12.4. The maximum atomic E-state index is 13.1. The minimum absolute atomic E-state index is 0.216. The first-order valence-electron chi connectivity index (χ1n) is 8.45. The van der Waals surface area contributed by atoms with E-state index in [-0.39, 0.29) is 11.5 Å². The predicted molar refractivity (Wildman–Crippen MR) is 101 cm³/mol. The van der Waals surface area contributed by atoms with E-state index in [2.05, 4.69) is 5.32 Å². The molecule has 0 saturated heterocycles. The Morgan fingerprint density at radius 3 is 2.07 bits per heavy atom. The van der Waals surface area contributed by atoms with Gasteiger partial charge in [0.2, 0.25) is 15.9 Å². The van der Waals surface area contributed by atoms with Gasteiger partial charge in [-0.2, -0.15) is 0 Å². The third kappa shape index (κ3) is 6.02. The fourth-order valence-electron chi connectivity index (χ4n) is 2.70. The summed E-state index contributed by atoms with van der Waals surface area (Å²) in [5.74, 6) is -1.25. The van der Waals surface area contributed by atoms with Crippen molar-refractivity contribution in [2.75, 3.05) is 17.1 Å². The topological polar surface area (TPSA) is 66.5 Å². The summed E-state index contributed by atoms with van der Waals surface area (Å²) in [5.41, 5.74) is 1.16. The zero-order chi connectivity index (χ0) is 20.0. The molecule has 0 aliphatic carbocycles. The van der Waals surface area contributed by atoms with E-state index in [9.17, 15) is 22.0 Å². The number of nitrogens with zero attached hydrogens (tertiary/aromatic N) is 1. The Bertz CT molecular complexity index is 869. The van der Waals surface area contributed by atoms with Crippen LogP contribution in [0.5, 0.6) is 0 Å². The van der Waals surface area contributed by atoms with Crippen molar-refractivity contribution in [3.63, 3.8) is 0 Å². The van der Waals surface area contributed by atoms with Crippen molar-refractivity contribution in [1.82, 2.24) is 5.32 Å². The summed E-state index contributed by atoms with van der Waals surface area (Å²) in [7, 11) is -3.74. The van der Waals surface area contributed by atoms with E-state index >= 15 is 0 Å². The third-order valence-electron chi connectivity index (χ3n) is 4.02. The maximum absolute atomic E-state index is 13.1. The molecule has 0 aromatic heterocycles. The minimum atomic E-state index is -3.74. The van der Waals surface area contributed by atoms with E-state index in [1.54, 1.807) is 12.1 Å². The molecular weight excluding hydrogens is 374 g/mol. The first-order valence-corrected chi connectivity index (χ1v) is 10.3. The van der Waals surface area contributed by atoms with Crippen LogP contribution in [0.4, 0.5) is 14.5 Å². The van der Waals surface area contributed by atoms with Crippen LogP contribution >= 0.6 is 0 Å². The molecule has 27 heavy (non-hydrogen) atoms. The quantitative estimate of drug-likeness (QED) is 0.698. The second-order valence-corrected chi connectivity index (χ2v) is 8.09. The molecule has 0 spiro atoms. The van der Waals surface area contributed by atoms with E-state index in [1.165, 1.54) is 31.2 Å². The third-order valence-corrected chi connectivity index (χ3v) is 5.27. The van der Waals surface area contributed by atoms with Crippen LogP contribution < -0.4 is 9.62 Å². The van der Waals surface area contributed by atoms with E-state index < -0.39 is 27.8 Å². The Morgan fingerprint density at radius 1 is 1.04 bits per heavy atom. The fourth-order valence-corrected chi connectivity index (χ4v) is 3.87. The molecule has 2 aromatic carbocycles. The smallest absolute Gasteiger partial charge is 0.243 e. The summed E-state index contributed by atoms with van der Waals surface area (Å²) in [5, 5.41) is 2.70. The van der Waals surface area contributed by atoms with Crippen LogP contribution in [0.15, 0.2) is 48.5 Å². The summed E-state index contributed by atoms with van der Waals surface area (Å²) in [6.45, 7) is 1.82. The summed E-state index contributed by atoms with van der Waals surface area (Å²) in [6, 6.07) is 10.0. The Balaban J connectivity index is 1.96. The average molecular weight is 396 g/mol. The maximum Gasteiger partial charge on any atom is 0.243 e. The van der Waals surface area contributed by atoms with Crippen LogP contribution in [-0.4, -0.2) is 33.2 Å². The van der Waals surface area contributed by atoms with Crippen LogP contribution in [0.25, 0.3) is 0 Å². The molecule has 0 fully saturated rings. The first-order chi connectivity index (χ1) is 12.7. The Morgan fingerprint density at radius 2 is 1.56 bits per heavy atom. The molecule has 0 aliphatic heterocycles. The number of anilines is 1. The standard InChI is InChI=1S/C19H22F2N2O3S/c1-14(23(27(2,25)26)18-11-9-17(21)10-12-18)19(24)22-13-3-4-15-5-7-16(20)8-6-15/h5-12,14H,3-4,13H2,1-2H3,(H,22,24)/t14-/m0/s1. The van der Waals surface area contributed by atoms with Gasteiger partial charge in [0.1, 0.15) is 17.7 Å². The Hall–Kier alpha value is -2.48. The van der Waals surface area contributed by atoms with Crippen LogP contribution in [0.1, 0.15) is 18.9 Å². The van der Waals surface area contributed by atoms with E-state index in [1.807, 2.05) is 0 Å². The molecule has 146 valence electrons. The summed E-state index contributed by atoms with van der Waals surface area (Å²) in [6.07, 6.45) is 2.27. The molecule has 0 bridgehead atoms. The van der Waals surface area contributed by atoms with Crippen LogP contribution in [-0.2, 0) is 21.2 Å². The van der Waals surface area contributed by atoms with Gasteiger partial charge >= 0.3 is 0 Å². The van der Waals surface area contributed by atoms with Gasteiger partial charge in [0.05, 0.1) is 11.9 Å². The van der Waals surface area contributed by atoms with E-state index in [4.69, 9.17) is 0 Å². The lowest BCUT2D eigenvalue weighted by atomic mass is 10.1. The Labute approximate surface area is 158 Å². The molecule has 1 amide bonds. The number of hydrogen-bond donors (Lipinski definition) is 1. The zero-order valence-corrected chi connectivity index (χ0v) is 16.0. The highest BCUT2D eigenvalue weighted by Crippen LogP contribution is 2.21. The van der Waals surface area contributed by atoms with Crippen molar-refractivity contribution in [1.29, 1.82) is 0 Å². The normalized spacial score (nSPS) is 12.4. The van der Waals surface area contributed by atoms with Gasteiger partial charge in [-0.3, -0.25) is 9.10 Å². The van der Waals surface area contributed by atoms with Crippen molar-refractivity contribution in [3.05, 3.63) is 65.7 Å². The number of nitrogens with one attached hydrogen (secondary N) is 1. The number of sulfonamides is 1. The molecule has 2 rings (SSSR count). The predicted octanol–water partition coefficient (Wildman–Crippen LogP) is 2.87. The molecule has 1 N–H and O–H groups in total. The van der Waals surface area contributed by atoms with Crippen LogP contribution in [0.3, 0.4) is 0 Å². The lowest BCUT2D eigenvalue weighted by Gasteiger charge is -2.28. The number of amides is 1. The molecule has 0 aliphatic rings. The van der Waals surface area contributed by atoms with Gasteiger partial charge in [-0.25, -0.2) is 17.2 Å². The molecule has 0 unspecified atom stereocenters. The molecule has 1 atom stereocenters. The largest absolute Gasteiger partial charge is 0.354 e. The van der Waals surface area contributed by atoms with E-state index in [0.717, 1.165) is 28.3 Å². The highest BCUT2D eigenvalue weighted by atomic mass is 32.2. The lowest BCUT2D eigenvalue weighted by Crippen LogP contribution is -2.48. The van der Waals surface area contributed by atoms with Gasteiger partial charge in [0, 0.05) is 6.54 Å². The Kier molecular flexibility index (Phi) is 6.90. The monoisotopic (exact) mass is 396 g/mol. The molecule has 0 radical (unpaired) electrons. The number of aryl methyl sites for hydroxylation is 1. The van der Waals surface area contributed by atoms with Gasteiger partial charge in [-0.15, -0.1) is 0 Å². The van der Waals surface area contributed by atoms with Crippen molar-refractivity contribution in [2.45, 2.75) is 25.8 Å². The summed E-state index contributed by atoms with van der Waals surface area (Å²) < 4.78 is 51.2. The van der Waals surface area contributed by atoms with Crippen LogP contribution in [0.2, 0.25) is 0 Å². The van der Waals surface area contributed by atoms with Crippen molar-refractivity contribution in [2.24, 2.45) is 0 Å². The number of benzene rings is 2. The minimum Gasteiger partial charge on any atom is -0.354 e. The van der Waals surface area contributed by atoms with E-state index in [0.29, 0.717) is 19.4 Å². The molecule has 0 heterocycles. The van der Waals surface area contributed by atoms with Crippen molar-refractivity contribution in [3.8, 4) is 0 Å². The average Bonchev–Trinajstić information content (AvgIpc) is 2.60. The highest BCUT2D eigenvalue weighted by molar-refractivity contribution is 7.92. The molecule has 2 aromatic rings. The SMILES string of the molecule is C[C@@H](C(=O)NCCCc1ccc(F)cc1)N(c1ccc(F)cc1)S(C)(=O)=O. The second-order valence-electron chi connectivity index (χ2n) is 6.23. The highest BCUT2D eigenvalue weighted by Gasteiger charge is 2.28. The van der Waals surface area contributed by atoms with Gasteiger partial charge in [-0.1, -0.05) is 12.1 Å². The van der Waals surface area contributed by atoms with Gasteiger partial charge in [0.25, 0.3) is 0 Å². The number of carbonyl (C=O) groups is 1. The molecule has 0 saturated carbocycles. The van der Waals surface area contributed by atoms with Crippen molar-refractivity contribution >= 4 is 21.6 Å². The molecular formula is C19H22F2N2O3S. The van der Waals surface area contributed by atoms with Gasteiger partial charge in [-0.05, 0) is 61.7 Å². The lowest BCUT2D eigenvalue weighted by molar-refractivity contribution is -0.121. The second kappa shape index (κ2) is 8.94. The number of hydrogen-bond acceptors (Lipinski definition) is 3. The van der Waals surface area contributed by atoms with Gasteiger partial charge < -0.3 is 5.32 Å². The number of halogens is 2. The first kappa shape index (κ1) is 20.8. The molecule has 5 nitrogen and oxygen atoms in total. The van der Waals surface area contributed by atoms with Gasteiger partial charge in [0.15, 0.2) is 0 Å². The number of carbonyl (C=O) groups excluding carboxylic acids is 1. The fraction of sp³-hybridized carbons (Fsp3) is 0.316. The zero-order valence-electron chi connectivity index (χ0n) is 15.2. The number of rotatable bonds is 8. The van der Waals surface area contributed by atoms with Crippen molar-refractivity contribution < 1.29 is 22.0 Å². The molecule has 8 heteroatoms. The van der Waals surface area contributed by atoms with Crippen LogP contribution in [0, 0.1) is 11.6 Å². The summed E-state index contributed by atoms with van der Waals surface area (Å²) >= 11 is 0.